The van der Waals surface area contributed by atoms with Gasteiger partial charge in [-0.1, -0.05) is 46.5 Å². The summed E-state index contributed by atoms with van der Waals surface area (Å²) in [6.07, 6.45) is 5.08. The first kappa shape index (κ1) is 29.9. The molecule has 1 aromatic rings. The molecule has 1 unspecified atom stereocenters. The number of nitrogens with one attached hydrogen (secondary N) is 2. The maximum absolute atomic E-state index is 13.1. The number of H-pyrrole nitrogens is 1. The highest BCUT2D eigenvalue weighted by molar-refractivity contribution is 5.97. The number of esters is 1. The largest absolute Gasteiger partial charge is 0.456 e. The van der Waals surface area contributed by atoms with E-state index in [-0.39, 0.29) is 36.9 Å². The van der Waals surface area contributed by atoms with Crippen LogP contribution in [0.25, 0.3) is 0 Å². The third kappa shape index (κ3) is 9.96. The number of carbonyl (C=O) groups is 3. The zero-order chi connectivity index (χ0) is 26.4. The molecule has 11 heteroatoms. The van der Waals surface area contributed by atoms with Crippen LogP contribution in [0.1, 0.15) is 85.5 Å². The Hall–Kier alpha value is -3.11. The van der Waals surface area contributed by atoms with E-state index in [1.807, 2.05) is 27.7 Å². The van der Waals surface area contributed by atoms with Crippen LogP contribution < -0.4 is 27.2 Å². The normalized spacial score (nSPS) is 11.7. The van der Waals surface area contributed by atoms with Crippen LogP contribution in [0.3, 0.4) is 0 Å². The summed E-state index contributed by atoms with van der Waals surface area (Å²) in [6, 6.07) is -0.0198. The Kier molecular flexibility index (Phi) is 13.4. The molecule has 1 atom stereocenters. The van der Waals surface area contributed by atoms with E-state index in [2.05, 4.69) is 10.3 Å². The van der Waals surface area contributed by atoms with E-state index in [0.717, 1.165) is 32.1 Å². The summed E-state index contributed by atoms with van der Waals surface area (Å²) in [5, 5.41) is 2.73. The van der Waals surface area contributed by atoms with Crippen molar-refractivity contribution in [3.05, 3.63) is 20.8 Å². The molecular weight excluding hydrogens is 454 g/mol. The van der Waals surface area contributed by atoms with Gasteiger partial charge in [0.1, 0.15) is 5.82 Å². The average Bonchev–Trinajstić information content (AvgIpc) is 2.80. The smallest absolute Gasteiger partial charge is 0.330 e. The fourth-order valence-electron chi connectivity index (χ4n) is 3.64. The van der Waals surface area contributed by atoms with Crippen molar-refractivity contribution in [2.45, 2.75) is 98.1 Å². The highest BCUT2D eigenvalue weighted by Crippen LogP contribution is 2.19. The number of hydrogen-bond donors (Lipinski definition) is 3. The van der Waals surface area contributed by atoms with E-state index >= 15 is 0 Å². The number of anilines is 2. The fourth-order valence-corrected chi connectivity index (χ4v) is 3.64. The van der Waals surface area contributed by atoms with Crippen molar-refractivity contribution in [2.75, 3.05) is 23.8 Å². The molecule has 0 fully saturated rings. The summed E-state index contributed by atoms with van der Waals surface area (Å²) >= 11 is 0. The Labute approximate surface area is 206 Å². The van der Waals surface area contributed by atoms with Gasteiger partial charge in [0, 0.05) is 25.6 Å². The van der Waals surface area contributed by atoms with E-state index < -0.39 is 35.6 Å². The minimum absolute atomic E-state index is 0.0198. The SMILES string of the molecule is CCCCCN(C(=O)CCC(=O)OCC(=O)NC(C)CCC)c1c(N)n(CCCC)c(=O)[nH]c1=O. The van der Waals surface area contributed by atoms with Crippen LogP contribution in [-0.4, -0.2) is 46.5 Å². The van der Waals surface area contributed by atoms with Gasteiger partial charge in [0.2, 0.25) is 5.91 Å². The van der Waals surface area contributed by atoms with Crippen molar-refractivity contribution < 1.29 is 19.1 Å². The van der Waals surface area contributed by atoms with Crippen LogP contribution in [0.15, 0.2) is 9.59 Å². The third-order valence-electron chi connectivity index (χ3n) is 5.54. The first-order chi connectivity index (χ1) is 16.7. The van der Waals surface area contributed by atoms with E-state index in [9.17, 15) is 24.0 Å². The predicted octanol–water partition coefficient (Wildman–Crippen LogP) is 2.07. The zero-order valence-corrected chi connectivity index (χ0v) is 21.5. The Morgan fingerprint density at radius 1 is 1.06 bits per heavy atom. The summed E-state index contributed by atoms with van der Waals surface area (Å²) in [7, 11) is 0. The molecule has 2 amide bonds. The Morgan fingerprint density at radius 2 is 1.74 bits per heavy atom. The second-order valence-corrected chi connectivity index (χ2v) is 8.67. The molecule has 0 spiro atoms. The predicted molar refractivity (Wildman–Crippen MR) is 135 cm³/mol. The van der Waals surface area contributed by atoms with Gasteiger partial charge in [0.15, 0.2) is 12.3 Å². The number of nitrogen functional groups attached to an aromatic ring is 1. The lowest BCUT2D eigenvalue weighted by atomic mass is 10.2. The van der Waals surface area contributed by atoms with Crippen LogP contribution >= 0.6 is 0 Å². The van der Waals surface area contributed by atoms with Gasteiger partial charge in [-0.25, -0.2) is 4.79 Å². The van der Waals surface area contributed by atoms with Crippen molar-refractivity contribution in [2.24, 2.45) is 0 Å². The van der Waals surface area contributed by atoms with Gasteiger partial charge in [-0.15, -0.1) is 0 Å². The number of nitrogens with two attached hydrogens (primary N) is 1. The Bertz CT molecular complexity index is 955. The van der Waals surface area contributed by atoms with Crippen LogP contribution in [0.2, 0.25) is 0 Å². The topological polar surface area (TPSA) is 157 Å². The van der Waals surface area contributed by atoms with Crippen LogP contribution in [0.4, 0.5) is 11.5 Å². The van der Waals surface area contributed by atoms with Crippen molar-refractivity contribution in [3.8, 4) is 0 Å². The van der Waals surface area contributed by atoms with Crippen molar-refractivity contribution in [1.29, 1.82) is 0 Å². The Balaban J connectivity index is 2.92. The van der Waals surface area contributed by atoms with Crippen molar-refractivity contribution in [1.82, 2.24) is 14.9 Å². The van der Waals surface area contributed by atoms with E-state index in [4.69, 9.17) is 10.5 Å². The summed E-state index contributed by atoms with van der Waals surface area (Å²) in [5.74, 6) is -1.66. The lowest BCUT2D eigenvalue weighted by Gasteiger charge is -2.24. The van der Waals surface area contributed by atoms with Crippen LogP contribution in [0.5, 0.6) is 0 Å². The van der Waals surface area contributed by atoms with Crippen molar-refractivity contribution in [3.63, 3.8) is 0 Å². The molecule has 0 saturated heterocycles. The first-order valence-corrected chi connectivity index (χ1v) is 12.5. The first-order valence-electron chi connectivity index (χ1n) is 12.5. The van der Waals surface area contributed by atoms with Gasteiger partial charge in [0.05, 0.1) is 6.42 Å². The minimum Gasteiger partial charge on any atom is -0.456 e. The molecule has 0 aromatic carbocycles. The van der Waals surface area contributed by atoms with Gasteiger partial charge < -0.3 is 20.7 Å². The highest BCUT2D eigenvalue weighted by Gasteiger charge is 2.24. The standard InChI is InChI=1S/C24H41N5O6/c1-5-8-10-15-28(21-22(25)29(14-9-6-2)24(34)27-23(21)33)19(31)12-13-20(32)35-16-18(30)26-17(4)11-7-3/h17H,5-16,25H2,1-4H3,(H,26,30)(H,27,33,34). The molecule has 0 aliphatic rings. The maximum Gasteiger partial charge on any atom is 0.330 e. The number of aromatic amines is 1. The highest BCUT2D eigenvalue weighted by atomic mass is 16.5. The number of nitrogens with zero attached hydrogens (tertiary/aromatic N) is 2. The average molecular weight is 496 g/mol. The zero-order valence-electron chi connectivity index (χ0n) is 21.5. The number of carbonyl (C=O) groups excluding carboxylic acids is 3. The molecule has 0 aliphatic carbocycles. The molecule has 11 nitrogen and oxygen atoms in total. The summed E-state index contributed by atoms with van der Waals surface area (Å²) in [5.41, 5.74) is 4.73. The maximum atomic E-state index is 13.1. The monoisotopic (exact) mass is 495 g/mol. The minimum atomic E-state index is -0.745. The summed E-state index contributed by atoms with van der Waals surface area (Å²) < 4.78 is 6.24. The van der Waals surface area contributed by atoms with Crippen LogP contribution in [0, 0.1) is 0 Å². The number of aromatic nitrogens is 2. The molecule has 0 radical (unpaired) electrons. The molecule has 198 valence electrons. The van der Waals surface area contributed by atoms with Crippen molar-refractivity contribution >= 4 is 29.3 Å². The van der Waals surface area contributed by atoms with Crippen LogP contribution in [-0.2, 0) is 25.7 Å². The second-order valence-electron chi connectivity index (χ2n) is 8.67. The van der Waals surface area contributed by atoms with Gasteiger partial charge in [-0.05, 0) is 26.2 Å². The molecule has 0 saturated carbocycles. The summed E-state index contributed by atoms with van der Waals surface area (Å²) in [4.78, 5) is 65.4. The van der Waals surface area contributed by atoms with E-state index in [0.29, 0.717) is 19.4 Å². The number of rotatable bonds is 16. The molecule has 1 heterocycles. The Morgan fingerprint density at radius 3 is 2.37 bits per heavy atom. The molecule has 0 aliphatic heterocycles. The van der Waals surface area contributed by atoms with Gasteiger partial charge in [0.25, 0.3) is 11.5 Å². The number of unbranched alkanes of at least 4 members (excludes halogenated alkanes) is 3. The summed E-state index contributed by atoms with van der Waals surface area (Å²) in [6.45, 7) is 7.96. The van der Waals surface area contributed by atoms with Gasteiger partial charge in [-0.3, -0.25) is 28.7 Å². The molecular formula is C24H41N5O6. The third-order valence-corrected chi connectivity index (χ3v) is 5.54. The lowest BCUT2D eigenvalue weighted by molar-refractivity contribution is -0.149. The lowest BCUT2D eigenvalue weighted by Crippen LogP contribution is -2.41. The van der Waals surface area contributed by atoms with E-state index in [1.54, 1.807) is 0 Å². The number of amides is 2. The molecule has 4 N–H and O–H groups in total. The quantitative estimate of drug-likeness (QED) is 0.234. The molecule has 0 bridgehead atoms. The second kappa shape index (κ2) is 15.7. The van der Waals surface area contributed by atoms with Gasteiger partial charge in [-0.2, -0.15) is 0 Å². The van der Waals surface area contributed by atoms with Gasteiger partial charge >= 0.3 is 11.7 Å². The number of ether oxygens (including phenoxy) is 1. The van der Waals surface area contributed by atoms with E-state index in [1.165, 1.54) is 9.47 Å². The molecule has 1 aromatic heterocycles. The fraction of sp³-hybridized carbons (Fsp3) is 0.708. The number of hydrogen-bond acceptors (Lipinski definition) is 7. The molecule has 1 rings (SSSR count). The molecule has 35 heavy (non-hydrogen) atoms.